The average molecular weight is 390 g/mol. The third-order valence-electron chi connectivity index (χ3n) is 5.26. The van der Waals surface area contributed by atoms with Crippen molar-refractivity contribution >= 4 is 12.0 Å². The molecule has 1 amide bonds. The van der Waals surface area contributed by atoms with E-state index in [1.807, 2.05) is 0 Å². The fraction of sp³-hybridized carbons (Fsp3) is 0.750. The van der Waals surface area contributed by atoms with Gasteiger partial charge in [-0.2, -0.15) is 0 Å². The SMILES string of the molecule is CCCCCCCCCCCCCCCCCCNC(=O)C=Cc1cnc[nH]1. The standard InChI is InChI=1S/C24H43N3O/c1-2-3-4-5-6-7-8-9-10-11-12-13-14-15-16-17-20-26-24(28)19-18-23-21-25-22-27-23/h18-19,21-22H,2-17,20H2,1H3,(H,25,27)(H,26,28). The first-order valence-corrected chi connectivity index (χ1v) is 11.8. The number of carbonyl (C=O) groups excluding carboxylic acids is 1. The van der Waals surface area contributed by atoms with Gasteiger partial charge in [-0.05, 0) is 12.5 Å². The zero-order valence-electron chi connectivity index (χ0n) is 18.2. The highest BCUT2D eigenvalue weighted by atomic mass is 16.1. The first-order valence-electron chi connectivity index (χ1n) is 11.8. The fourth-order valence-corrected chi connectivity index (χ4v) is 3.47. The average Bonchev–Trinajstić information content (AvgIpc) is 3.22. The summed E-state index contributed by atoms with van der Waals surface area (Å²) in [5.41, 5.74) is 0.845. The normalized spacial score (nSPS) is 11.3. The van der Waals surface area contributed by atoms with E-state index in [1.165, 1.54) is 96.3 Å². The molecule has 0 atom stereocenters. The molecule has 0 saturated carbocycles. The van der Waals surface area contributed by atoms with Crippen molar-refractivity contribution < 1.29 is 4.79 Å². The van der Waals surface area contributed by atoms with Crippen molar-refractivity contribution in [1.29, 1.82) is 0 Å². The molecular weight excluding hydrogens is 346 g/mol. The fourth-order valence-electron chi connectivity index (χ4n) is 3.47. The highest BCUT2D eigenvalue weighted by Gasteiger charge is 1.97. The predicted molar refractivity (Wildman–Crippen MR) is 120 cm³/mol. The summed E-state index contributed by atoms with van der Waals surface area (Å²) in [6.07, 6.45) is 28.5. The van der Waals surface area contributed by atoms with Gasteiger partial charge in [-0.25, -0.2) is 4.98 Å². The first kappa shape index (κ1) is 24.5. The Labute approximate surface area is 173 Å². The van der Waals surface area contributed by atoms with Gasteiger partial charge in [0.05, 0.1) is 18.2 Å². The van der Waals surface area contributed by atoms with Crippen molar-refractivity contribution in [1.82, 2.24) is 15.3 Å². The molecule has 0 aliphatic heterocycles. The molecule has 0 saturated heterocycles. The van der Waals surface area contributed by atoms with Gasteiger partial charge >= 0.3 is 0 Å². The molecule has 2 N–H and O–H groups in total. The summed E-state index contributed by atoms with van der Waals surface area (Å²) in [6.45, 7) is 3.05. The lowest BCUT2D eigenvalue weighted by Crippen LogP contribution is -2.21. The van der Waals surface area contributed by atoms with Crippen LogP contribution < -0.4 is 5.32 Å². The molecule has 0 fully saturated rings. The largest absolute Gasteiger partial charge is 0.353 e. The summed E-state index contributed by atoms with van der Waals surface area (Å²) in [6, 6.07) is 0. The Morgan fingerprint density at radius 1 is 0.857 bits per heavy atom. The number of unbranched alkanes of at least 4 members (excludes halogenated alkanes) is 15. The van der Waals surface area contributed by atoms with Gasteiger partial charge in [0, 0.05) is 12.6 Å². The number of amides is 1. The van der Waals surface area contributed by atoms with Crippen LogP contribution in [0.3, 0.4) is 0 Å². The summed E-state index contributed by atoms with van der Waals surface area (Å²) in [5.74, 6) is -0.0319. The van der Waals surface area contributed by atoms with Crippen molar-refractivity contribution in [2.75, 3.05) is 6.54 Å². The van der Waals surface area contributed by atoms with Gasteiger partial charge in [0.1, 0.15) is 0 Å². The van der Waals surface area contributed by atoms with Crippen LogP contribution >= 0.6 is 0 Å². The van der Waals surface area contributed by atoms with Crippen molar-refractivity contribution in [2.45, 2.75) is 110 Å². The molecule has 0 unspecified atom stereocenters. The summed E-state index contributed by atoms with van der Waals surface area (Å²) in [5, 5.41) is 2.93. The Balaban J connectivity index is 1.74. The third-order valence-corrected chi connectivity index (χ3v) is 5.26. The summed E-state index contributed by atoms with van der Waals surface area (Å²) in [4.78, 5) is 18.5. The highest BCUT2D eigenvalue weighted by molar-refractivity contribution is 5.91. The quantitative estimate of drug-likeness (QED) is 0.202. The van der Waals surface area contributed by atoms with Crippen LogP contribution in [0.15, 0.2) is 18.6 Å². The van der Waals surface area contributed by atoms with Crippen LogP contribution in [0.4, 0.5) is 0 Å². The number of H-pyrrole nitrogens is 1. The molecular formula is C24H43N3O. The second-order valence-electron chi connectivity index (χ2n) is 7.93. The van der Waals surface area contributed by atoms with E-state index >= 15 is 0 Å². The van der Waals surface area contributed by atoms with E-state index in [0.29, 0.717) is 0 Å². The van der Waals surface area contributed by atoms with Gasteiger partial charge in [0.25, 0.3) is 0 Å². The Morgan fingerprint density at radius 2 is 1.36 bits per heavy atom. The highest BCUT2D eigenvalue weighted by Crippen LogP contribution is 2.13. The number of carbonyl (C=O) groups is 1. The summed E-state index contributed by atoms with van der Waals surface area (Å²) >= 11 is 0. The first-order chi connectivity index (χ1) is 13.8. The molecule has 1 aromatic heterocycles. The second kappa shape index (κ2) is 18.8. The Bertz CT molecular complexity index is 482. The van der Waals surface area contributed by atoms with E-state index in [0.717, 1.165) is 18.7 Å². The number of nitrogens with one attached hydrogen (secondary N) is 2. The molecule has 28 heavy (non-hydrogen) atoms. The minimum absolute atomic E-state index is 0.0319. The van der Waals surface area contributed by atoms with E-state index < -0.39 is 0 Å². The summed E-state index contributed by atoms with van der Waals surface area (Å²) < 4.78 is 0. The maximum Gasteiger partial charge on any atom is 0.244 e. The van der Waals surface area contributed by atoms with Gasteiger partial charge in [-0.3, -0.25) is 4.79 Å². The molecule has 0 radical (unpaired) electrons. The number of aromatic amines is 1. The van der Waals surface area contributed by atoms with E-state index in [4.69, 9.17) is 0 Å². The number of imidazole rings is 1. The molecule has 4 heteroatoms. The van der Waals surface area contributed by atoms with Crippen LogP contribution in [0, 0.1) is 0 Å². The van der Waals surface area contributed by atoms with Crippen LogP contribution in [0.5, 0.6) is 0 Å². The molecule has 0 spiro atoms. The van der Waals surface area contributed by atoms with E-state index in [-0.39, 0.29) is 5.91 Å². The number of hydrogen-bond donors (Lipinski definition) is 2. The molecule has 1 rings (SSSR count). The molecule has 160 valence electrons. The zero-order chi connectivity index (χ0) is 20.1. The minimum atomic E-state index is -0.0319. The van der Waals surface area contributed by atoms with Crippen LogP contribution in [-0.2, 0) is 4.79 Å². The monoisotopic (exact) mass is 389 g/mol. The lowest BCUT2D eigenvalue weighted by atomic mass is 10.0. The predicted octanol–water partition coefficient (Wildman–Crippen LogP) is 6.80. The number of hydrogen-bond acceptors (Lipinski definition) is 2. The van der Waals surface area contributed by atoms with Crippen molar-refractivity contribution in [2.24, 2.45) is 0 Å². The molecule has 1 aromatic rings. The Hall–Kier alpha value is -1.58. The topological polar surface area (TPSA) is 57.8 Å². The molecule has 1 heterocycles. The molecule has 0 aromatic carbocycles. The van der Waals surface area contributed by atoms with Crippen LogP contribution in [0.25, 0.3) is 6.08 Å². The minimum Gasteiger partial charge on any atom is -0.353 e. The molecule has 0 aliphatic rings. The third kappa shape index (κ3) is 15.5. The molecule has 4 nitrogen and oxygen atoms in total. The lowest BCUT2D eigenvalue weighted by molar-refractivity contribution is -0.116. The molecule has 0 aliphatic carbocycles. The summed E-state index contributed by atoms with van der Waals surface area (Å²) in [7, 11) is 0. The van der Waals surface area contributed by atoms with E-state index in [1.54, 1.807) is 24.7 Å². The maximum absolute atomic E-state index is 11.7. The molecule has 0 bridgehead atoms. The smallest absolute Gasteiger partial charge is 0.244 e. The Morgan fingerprint density at radius 3 is 1.82 bits per heavy atom. The number of nitrogens with zero attached hydrogens (tertiary/aromatic N) is 1. The van der Waals surface area contributed by atoms with Crippen molar-refractivity contribution in [3.05, 3.63) is 24.3 Å². The van der Waals surface area contributed by atoms with Gasteiger partial charge in [0.2, 0.25) is 5.91 Å². The Kier molecular flexibility index (Phi) is 16.4. The van der Waals surface area contributed by atoms with E-state index in [2.05, 4.69) is 22.2 Å². The number of aromatic nitrogens is 2. The van der Waals surface area contributed by atoms with Crippen LogP contribution in [0.2, 0.25) is 0 Å². The van der Waals surface area contributed by atoms with Gasteiger partial charge in [-0.15, -0.1) is 0 Å². The van der Waals surface area contributed by atoms with E-state index in [9.17, 15) is 4.79 Å². The zero-order valence-corrected chi connectivity index (χ0v) is 18.2. The second-order valence-corrected chi connectivity index (χ2v) is 7.93. The van der Waals surface area contributed by atoms with Gasteiger partial charge < -0.3 is 10.3 Å². The number of rotatable bonds is 19. The van der Waals surface area contributed by atoms with Crippen molar-refractivity contribution in [3.8, 4) is 0 Å². The van der Waals surface area contributed by atoms with Crippen molar-refractivity contribution in [3.63, 3.8) is 0 Å². The van der Waals surface area contributed by atoms with Gasteiger partial charge in [0.15, 0.2) is 0 Å². The van der Waals surface area contributed by atoms with Crippen LogP contribution in [-0.4, -0.2) is 22.4 Å². The maximum atomic E-state index is 11.7. The van der Waals surface area contributed by atoms with Gasteiger partial charge in [-0.1, -0.05) is 103 Å². The van der Waals surface area contributed by atoms with Crippen LogP contribution in [0.1, 0.15) is 115 Å². The lowest BCUT2D eigenvalue weighted by Gasteiger charge is -2.04.